The second kappa shape index (κ2) is 8.09. The smallest absolute Gasteiger partial charge is 0.0961 e. The molecule has 0 aliphatic carbocycles. The number of benzene rings is 2. The van der Waals surface area contributed by atoms with Crippen molar-refractivity contribution in [2.24, 2.45) is 0 Å². The summed E-state index contributed by atoms with van der Waals surface area (Å²) in [5.41, 5.74) is 3.64. The van der Waals surface area contributed by atoms with Crippen molar-refractivity contribution in [1.29, 1.82) is 0 Å². The Labute approximate surface area is 167 Å². The minimum atomic E-state index is -0.207. The molecule has 2 heterocycles. The first-order chi connectivity index (χ1) is 13.2. The number of halogens is 1. The van der Waals surface area contributed by atoms with Crippen LogP contribution in [-0.2, 0) is 10.3 Å². The molecule has 0 amide bonds. The van der Waals surface area contributed by atoms with Crippen molar-refractivity contribution in [1.82, 2.24) is 5.32 Å². The third-order valence-electron chi connectivity index (χ3n) is 6.03. The van der Waals surface area contributed by atoms with Gasteiger partial charge >= 0.3 is 0 Å². The molecule has 5 heteroatoms. The van der Waals surface area contributed by atoms with Gasteiger partial charge < -0.3 is 19.9 Å². The lowest BCUT2D eigenvalue weighted by Gasteiger charge is -2.42. The number of ether oxygens (including phenoxy) is 1. The fourth-order valence-corrected chi connectivity index (χ4v) is 4.41. The van der Waals surface area contributed by atoms with Gasteiger partial charge in [0.2, 0.25) is 0 Å². The maximum absolute atomic E-state index is 6.06. The molecular weight excluding hydrogens is 358 g/mol. The monoisotopic (exact) mass is 385 g/mol. The predicted octanol–water partition coefficient (Wildman–Crippen LogP) is 3.89. The Hall–Kier alpha value is -1.75. The number of nitrogens with zero attached hydrogens (tertiary/aromatic N) is 2. The van der Waals surface area contributed by atoms with E-state index >= 15 is 0 Å². The topological polar surface area (TPSA) is 27.7 Å². The lowest BCUT2D eigenvalue weighted by molar-refractivity contribution is -0.0346. The van der Waals surface area contributed by atoms with E-state index < -0.39 is 0 Å². The zero-order valence-corrected chi connectivity index (χ0v) is 16.7. The highest BCUT2D eigenvalue weighted by Gasteiger charge is 2.36. The first kappa shape index (κ1) is 18.6. The van der Waals surface area contributed by atoms with E-state index in [4.69, 9.17) is 16.3 Å². The molecule has 144 valence electrons. The second-order valence-electron chi connectivity index (χ2n) is 7.45. The van der Waals surface area contributed by atoms with E-state index in [0.29, 0.717) is 0 Å². The molecule has 27 heavy (non-hydrogen) atoms. The van der Waals surface area contributed by atoms with Gasteiger partial charge in [0.25, 0.3) is 0 Å². The minimum absolute atomic E-state index is 0.207. The van der Waals surface area contributed by atoms with Crippen LogP contribution < -0.4 is 15.1 Å². The minimum Gasteiger partial charge on any atom is -0.373 e. The first-order valence-electron chi connectivity index (χ1n) is 9.82. The van der Waals surface area contributed by atoms with Gasteiger partial charge in [0.1, 0.15) is 0 Å². The first-order valence-corrected chi connectivity index (χ1v) is 10.2. The number of piperazine rings is 1. The molecule has 2 saturated heterocycles. The van der Waals surface area contributed by atoms with Crippen LogP contribution in [0.2, 0.25) is 5.02 Å². The summed E-state index contributed by atoms with van der Waals surface area (Å²) in [6.07, 6.45) is 1.95. The Bertz CT molecular complexity index is 733. The highest BCUT2D eigenvalue weighted by atomic mass is 35.5. The van der Waals surface area contributed by atoms with Gasteiger partial charge in [0.05, 0.1) is 5.60 Å². The van der Waals surface area contributed by atoms with Gasteiger partial charge in [-0.05, 0) is 54.8 Å². The van der Waals surface area contributed by atoms with Crippen LogP contribution in [0.5, 0.6) is 0 Å². The molecule has 2 aromatic carbocycles. The summed E-state index contributed by atoms with van der Waals surface area (Å²) < 4.78 is 6.01. The molecule has 0 spiro atoms. The van der Waals surface area contributed by atoms with Gasteiger partial charge in [-0.3, -0.25) is 0 Å². The zero-order valence-electron chi connectivity index (χ0n) is 16.0. The van der Waals surface area contributed by atoms with Crippen molar-refractivity contribution < 1.29 is 4.74 Å². The molecule has 0 radical (unpaired) electrons. The SMILES string of the molecule is COC1(c2ccc(Cl)cc2)CCN(c2ccc(N3CCNCC3)cc2)CC1. The molecule has 0 saturated carbocycles. The van der Waals surface area contributed by atoms with Crippen LogP contribution in [0, 0.1) is 0 Å². The standard InChI is InChI=1S/C22H28ClN3O/c1-27-22(18-2-4-19(23)5-3-18)10-14-25(15-11-22)20-6-8-21(9-7-20)26-16-12-24-13-17-26/h2-9,24H,10-17H2,1H3. The van der Waals surface area contributed by atoms with Gasteiger partial charge in [-0.2, -0.15) is 0 Å². The number of nitrogens with one attached hydrogen (secondary N) is 1. The number of hydrogen-bond acceptors (Lipinski definition) is 4. The van der Waals surface area contributed by atoms with Crippen molar-refractivity contribution in [3.05, 3.63) is 59.1 Å². The van der Waals surface area contributed by atoms with E-state index in [1.54, 1.807) is 0 Å². The van der Waals surface area contributed by atoms with E-state index in [0.717, 1.165) is 57.1 Å². The molecule has 4 rings (SSSR count). The largest absolute Gasteiger partial charge is 0.373 e. The molecular formula is C22H28ClN3O. The maximum atomic E-state index is 6.06. The summed E-state index contributed by atoms with van der Waals surface area (Å²) in [7, 11) is 1.83. The molecule has 0 unspecified atom stereocenters. The zero-order chi connectivity index (χ0) is 18.7. The fourth-order valence-electron chi connectivity index (χ4n) is 4.29. The van der Waals surface area contributed by atoms with E-state index in [1.807, 2.05) is 19.2 Å². The van der Waals surface area contributed by atoms with Gasteiger partial charge in [0.15, 0.2) is 0 Å². The van der Waals surface area contributed by atoms with Gasteiger partial charge in [-0.25, -0.2) is 0 Å². The molecule has 2 aromatic rings. The summed E-state index contributed by atoms with van der Waals surface area (Å²) in [6.45, 7) is 6.28. The quantitative estimate of drug-likeness (QED) is 0.864. The lowest BCUT2D eigenvalue weighted by atomic mass is 9.84. The Balaban J connectivity index is 1.43. The summed E-state index contributed by atoms with van der Waals surface area (Å²) >= 11 is 6.06. The second-order valence-corrected chi connectivity index (χ2v) is 7.88. The Kier molecular flexibility index (Phi) is 5.58. The molecule has 0 bridgehead atoms. The summed E-state index contributed by atoms with van der Waals surface area (Å²) in [4.78, 5) is 4.92. The molecule has 2 fully saturated rings. The van der Waals surface area contributed by atoms with Crippen LogP contribution in [0.1, 0.15) is 18.4 Å². The van der Waals surface area contributed by atoms with Crippen molar-refractivity contribution in [2.45, 2.75) is 18.4 Å². The number of methoxy groups -OCH3 is 1. The van der Waals surface area contributed by atoms with E-state index in [2.05, 4.69) is 51.5 Å². The van der Waals surface area contributed by atoms with Crippen LogP contribution >= 0.6 is 11.6 Å². The maximum Gasteiger partial charge on any atom is 0.0961 e. The highest BCUT2D eigenvalue weighted by molar-refractivity contribution is 6.30. The number of anilines is 2. The van der Waals surface area contributed by atoms with Crippen molar-refractivity contribution >= 4 is 23.0 Å². The highest BCUT2D eigenvalue weighted by Crippen LogP contribution is 2.38. The van der Waals surface area contributed by atoms with Gasteiger partial charge in [0, 0.05) is 62.8 Å². The van der Waals surface area contributed by atoms with Crippen LogP contribution in [0.15, 0.2) is 48.5 Å². The number of rotatable bonds is 4. The van der Waals surface area contributed by atoms with Crippen molar-refractivity contribution in [3.8, 4) is 0 Å². The van der Waals surface area contributed by atoms with Gasteiger partial charge in [-0.15, -0.1) is 0 Å². The van der Waals surface area contributed by atoms with Gasteiger partial charge in [-0.1, -0.05) is 23.7 Å². The fraction of sp³-hybridized carbons (Fsp3) is 0.455. The third-order valence-corrected chi connectivity index (χ3v) is 6.28. The Morgan fingerprint density at radius 1 is 0.815 bits per heavy atom. The normalized spacial score (nSPS) is 19.9. The van der Waals surface area contributed by atoms with E-state index in [1.165, 1.54) is 16.9 Å². The van der Waals surface area contributed by atoms with Crippen LogP contribution in [0.4, 0.5) is 11.4 Å². The Morgan fingerprint density at radius 3 is 1.85 bits per heavy atom. The van der Waals surface area contributed by atoms with E-state index in [-0.39, 0.29) is 5.60 Å². The number of hydrogen-bond donors (Lipinski definition) is 1. The van der Waals surface area contributed by atoms with Crippen LogP contribution in [0.25, 0.3) is 0 Å². The summed E-state index contributed by atoms with van der Waals surface area (Å²) in [6, 6.07) is 17.2. The lowest BCUT2D eigenvalue weighted by Crippen LogP contribution is -2.44. The Morgan fingerprint density at radius 2 is 1.33 bits per heavy atom. The molecule has 0 aromatic heterocycles. The van der Waals surface area contributed by atoms with E-state index in [9.17, 15) is 0 Å². The molecule has 4 nitrogen and oxygen atoms in total. The van der Waals surface area contributed by atoms with Crippen molar-refractivity contribution in [3.63, 3.8) is 0 Å². The summed E-state index contributed by atoms with van der Waals surface area (Å²) in [5.74, 6) is 0. The average Bonchev–Trinajstić information content (AvgIpc) is 2.75. The number of piperidine rings is 1. The predicted molar refractivity (Wildman–Crippen MR) is 113 cm³/mol. The van der Waals surface area contributed by atoms with Crippen LogP contribution in [0.3, 0.4) is 0 Å². The average molecular weight is 386 g/mol. The van der Waals surface area contributed by atoms with Crippen LogP contribution in [-0.4, -0.2) is 46.4 Å². The summed E-state index contributed by atoms with van der Waals surface area (Å²) in [5, 5.41) is 4.18. The molecule has 0 atom stereocenters. The van der Waals surface area contributed by atoms with Crippen molar-refractivity contribution in [2.75, 3.05) is 56.2 Å². The molecule has 2 aliphatic rings. The molecule has 1 N–H and O–H groups in total. The third kappa shape index (κ3) is 3.93. The molecule has 2 aliphatic heterocycles.